The summed E-state index contributed by atoms with van der Waals surface area (Å²) < 4.78 is 4.99. The molecule has 1 atom stereocenters. The highest BCUT2D eigenvalue weighted by molar-refractivity contribution is 4.76. The Kier molecular flexibility index (Phi) is 6.15. The zero-order valence-electron chi connectivity index (χ0n) is 9.30. The van der Waals surface area contributed by atoms with Crippen molar-refractivity contribution < 1.29 is 4.74 Å². The van der Waals surface area contributed by atoms with E-state index in [0.717, 1.165) is 32.0 Å². The third kappa shape index (κ3) is 4.94. The minimum Gasteiger partial charge on any atom is -0.385 e. The van der Waals surface area contributed by atoms with Crippen LogP contribution in [0, 0.1) is 0 Å². The predicted molar refractivity (Wildman–Crippen MR) is 59.3 cm³/mol. The van der Waals surface area contributed by atoms with Gasteiger partial charge in [0.15, 0.2) is 0 Å². The van der Waals surface area contributed by atoms with Gasteiger partial charge in [0.1, 0.15) is 0 Å². The number of rotatable bonds is 7. The van der Waals surface area contributed by atoms with Gasteiger partial charge in [-0.15, -0.1) is 0 Å². The smallest absolute Gasteiger partial charge is 0.0462 e. The van der Waals surface area contributed by atoms with Crippen LogP contribution >= 0.6 is 0 Å². The molecule has 0 aromatic heterocycles. The van der Waals surface area contributed by atoms with Gasteiger partial charge in [-0.05, 0) is 25.7 Å². The van der Waals surface area contributed by atoms with Crippen molar-refractivity contribution in [1.82, 2.24) is 5.32 Å². The summed E-state index contributed by atoms with van der Waals surface area (Å²) in [7, 11) is 1.74. The summed E-state index contributed by atoms with van der Waals surface area (Å²) in [5, 5.41) is 3.54. The second-order valence-corrected chi connectivity index (χ2v) is 4.28. The van der Waals surface area contributed by atoms with Gasteiger partial charge in [0.25, 0.3) is 0 Å². The highest BCUT2D eigenvalue weighted by Crippen LogP contribution is 2.17. The summed E-state index contributed by atoms with van der Waals surface area (Å²) in [6.45, 7) is 1.80. The van der Waals surface area contributed by atoms with Crippen molar-refractivity contribution in [3.05, 3.63) is 0 Å². The third-order valence-corrected chi connectivity index (χ3v) is 2.95. The molecular formula is C11H24N2O. The standard InChI is InChI=1S/C11H24N2O/c1-14-8-4-5-10(12)9-13-11-6-2-3-7-11/h10-11,13H,2-9,12H2,1H3. The molecule has 1 rings (SSSR count). The maximum Gasteiger partial charge on any atom is 0.0462 e. The summed E-state index contributed by atoms with van der Waals surface area (Å²) in [5.74, 6) is 0. The van der Waals surface area contributed by atoms with Gasteiger partial charge in [0.2, 0.25) is 0 Å². The molecule has 0 spiro atoms. The molecule has 0 amide bonds. The average Bonchev–Trinajstić information content (AvgIpc) is 2.68. The summed E-state index contributed by atoms with van der Waals surface area (Å²) in [6, 6.07) is 1.04. The molecule has 0 radical (unpaired) electrons. The second kappa shape index (κ2) is 7.21. The molecule has 0 aliphatic heterocycles. The lowest BCUT2D eigenvalue weighted by molar-refractivity contribution is 0.190. The van der Waals surface area contributed by atoms with E-state index in [1.807, 2.05) is 0 Å². The van der Waals surface area contributed by atoms with Crippen LogP contribution in [0.2, 0.25) is 0 Å². The van der Waals surface area contributed by atoms with Gasteiger partial charge in [0, 0.05) is 32.3 Å². The molecule has 0 heterocycles. The number of hydrogen-bond donors (Lipinski definition) is 2. The predicted octanol–water partition coefficient (Wildman–Crippen LogP) is 1.27. The van der Waals surface area contributed by atoms with Gasteiger partial charge in [-0.2, -0.15) is 0 Å². The van der Waals surface area contributed by atoms with Gasteiger partial charge in [0.05, 0.1) is 0 Å². The van der Waals surface area contributed by atoms with Crippen LogP contribution < -0.4 is 11.1 Å². The van der Waals surface area contributed by atoms with Crippen LogP contribution in [0.15, 0.2) is 0 Å². The number of nitrogens with one attached hydrogen (secondary N) is 1. The quantitative estimate of drug-likeness (QED) is 0.608. The molecule has 0 aromatic carbocycles. The van der Waals surface area contributed by atoms with E-state index in [1.54, 1.807) is 7.11 Å². The Bertz CT molecular complexity index is 135. The summed E-state index contributed by atoms with van der Waals surface area (Å²) in [5.41, 5.74) is 5.97. The van der Waals surface area contributed by atoms with Crippen molar-refractivity contribution in [3.8, 4) is 0 Å². The highest BCUT2D eigenvalue weighted by Gasteiger charge is 2.14. The molecule has 0 aromatic rings. The number of methoxy groups -OCH3 is 1. The largest absolute Gasteiger partial charge is 0.385 e. The highest BCUT2D eigenvalue weighted by atomic mass is 16.5. The van der Waals surface area contributed by atoms with Crippen molar-refractivity contribution in [1.29, 1.82) is 0 Å². The topological polar surface area (TPSA) is 47.3 Å². The fraction of sp³-hybridized carbons (Fsp3) is 1.00. The van der Waals surface area contributed by atoms with Crippen LogP contribution in [0.5, 0.6) is 0 Å². The molecule has 1 aliphatic rings. The molecule has 1 unspecified atom stereocenters. The first-order valence-corrected chi connectivity index (χ1v) is 5.81. The van der Waals surface area contributed by atoms with Crippen LogP contribution in [0.25, 0.3) is 0 Å². The Balaban J connectivity index is 1.93. The SMILES string of the molecule is COCCCC(N)CNC1CCCC1. The summed E-state index contributed by atoms with van der Waals surface area (Å²) in [6.07, 6.45) is 7.58. The van der Waals surface area contributed by atoms with Crippen LogP contribution in [0.4, 0.5) is 0 Å². The Morgan fingerprint density at radius 1 is 1.43 bits per heavy atom. The van der Waals surface area contributed by atoms with E-state index in [9.17, 15) is 0 Å². The maximum atomic E-state index is 5.97. The first-order valence-electron chi connectivity index (χ1n) is 5.81. The lowest BCUT2D eigenvalue weighted by atomic mass is 10.1. The van der Waals surface area contributed by atoms with Gasteiger partial charge >= 0.3 is 0 Å². The molecule has 1 aliphatic carbocycles. The van der Waals surface area contributed by atoms with Crippen LogP contribution in [0.1, 0.15) is 38.5 Å². The van der Waals surface area contributed by atoms with Crippen molar-refractivity contribution in [2.24, 2.45) is 5.73 Å². The first kappa shape index (κ1) is 12.0. The Morgan fingerprint density at radius 3 is 2.79 bits per heavy atom. The van der Waals surface area contributed by atoms with Gasteiger partial charge in [-0.25, -0.2) is 0 Å². The van der Waals surface area contributed by atoms with Crippen molar-refractivity contribution in [2.75, 3.05) is 20.3 Å². The fourth-order valence-electron chi connectivity index (χ4n) is 2.04. The van der Waals surface area contributed by atoms with Gasteiger partial charge < -0.3 is 15.8 Å². The second-order valence-electron chi connectivity index (χ2n) is 4.28. The van der Waals surface area contributed by atoms with E-state index in [-0.39, 0.29) is 0 Å². The average molecular weight is 200 g/mol. The van der Waals surface area contributed by atoms with E-state index in [0.29, 0.717) is 6.04 Å². The molecule has 1 saturated carbocycles. The first-order chi connectivity index (χ1) is 6.83. The van der Waals surface area contributed by atoms with Crippen LogP contribution in [-0.2, 0) is 4.74 Å². The van der Waals surface area contributed by atoms with E-state index < -0.39 is 0 Å². The van der Waals surface area contributed by atoms with Crippen molar-refractivity contribution >= 4 is 0 Å². The lowest BCUT2D eigenvalue weighted by Crippen LogP contribution is -2.38. The van der Waals surface area contributed by atoms with E-state index in [1.165, 1.54) is 25.7 Å². The zero-order chi connectivity index (χ0) is 10.2. The Morgan fingerprint density at radius 2 is 2.14 bits per heavy atom. The monoisotopic (exact) mass is 200 g/mol. The summed E-state index contributed by atoms with van der Waals surface area (Å²) in [4.78, 5) is 0. The van der Waals surface area contributed by atoms with E-state index in [2.05, 4.69) is 5.32 Å². The lowest BCUT2D eigenvalue weighted by Gasteiger charge is -2.16. The Labute approximate surface area is 87.4 Å². The molecule has 3 N–H and O–H groups in total. The van der Waals surface area contributed by atoms with Crippen LogP contribution in [0.3, 0.4) is 0 Å². The number of ether oxygens (including phenoxy) is 1. The maximum absolute atomic E-state index is 5.97. The number of nitrogens with two attached hydrogens (primary N) is 1. The molecular weight excluding hydrogens is 176 g/mol. The minimum absolute atomic E-state index is 0.297. The molecule has 0 bridgehead atoms. The van der Waals surface area contributed by atoms with E-state index in [4.69, 9.17) is 10.5 Å². The molecule has 3 heteroatoms. The van der Waals surface area contributed by atoms with Gasteiger partial charge in [-0.1, -0.05) is 12.8 Å². The van der Waals surface area contributed by atoms with Gasteiger partial charge in [-0.3, -0.25) is 0 Å². The fourth-order valence-corrected chi connectivity index (χ4v) is 2.04. The molecule has 0 saturated heterocycles. The number of hydrogen-bond acceptors (Lipinski definition) is 3. The minimum atomic E-state index is 0.297. The van der Waals surface area contributed by atoms with Crippen molar-refractivity contribution in [3.63, 3.8) is 0 Å². The normalized spacial score (nSPS) is 20.1. The van der Waals surface area contributed by atoms with Crippen LogP contribution in [-0.4, -0.2) is 32.3 Å². The molecule has 1 fully saturated rings. The van der Waals surface area contributed by atoms with Crippen molar-refractivity contribution in [2.45, 2.75) is 50.6 Å². The van der Waals surface area contributed by atoms with E-state index >= 15 is 0 Å². The molecule has 3 nitrogen and oxygen atoms in total. The third-order valence-electron chi connectivity index (χ3n) is 2.95. The molecule has 14 heavy (non-hydrogen) atoms. The molecule has 84 valence electrons. The Hall–Kier alpha value is -0.120. The zero-order valence-corrected chi connectivity index (χ0v) is 9.30. The summed E-state index contributed by atoms with van der Waals surface area (Å²) >= 11 is 0.